The van der Waals surface area contributed by atoms with Crippen LogP contribution in [-0.4, -0.2) is 31.1 Å². The van der Waals surface area contributed by atoms with Gasteiger partial charge in [-0.1, -0.05) is 17.7 Å². The van der Waals surface area contributed by atoms with Crippen LogP contribution < -0.4 is 5.32 Å². The number of nitrogens with one attached hydrogen (secondary N) is 1. The fourth-order valence-electron chi connectivity index (χ4n) is 2.71. The first kappa shape index (κ1) is 20.6. The van der Waals surface area contributed by atoms with E-state index in [9.17, 15) is 8.78 Å². The van der Waals surface area contributed by atoms with Gasteiger partial charge in [-0.15, -0.1) is 36.2 Å². The van der Waals surface area contributed by atoms with Crippen LogP contribution >= 0.6 is 47.8 Å². The normalized spacial score (nSPS) is 16.3. The third-order valence-electron chi connectivity index (χ3n) is 3.65. The standard InChI is InChI=1S/C15H15ClF2N2S.2ClH/c16-10-8-11(17)14(12(18)9-10)15(13-2-1-7-21-13)20-5-3-19-4-6-20;;/h1-2,7-9,15,19H,3-6H2;2*1H/t15-;;/m0../s1. The van der Waals surface area contributed by atoms with Gasteiger partial charge in [0.2, 0.25) is 0 Å². The molecular weight excluding hydrogens is 385 g/mol. The summed E-state index contributed by atoms with van der Waals surface area (Å²) in [5.74, 6) is -1.17. The minimum absolute atomic E-state index is 0. The summed E-state index contributed by atoms with van der Waals surface area (Å²) in [4.78, 5) is 3.05. The van der Waals surface area contributed by atoms with E-state index in [0.29, 0.717) is 0 Å². The molecule has 0 spiro atoms. The maximum atomic E-state index is 14.3. The van der Waals surface area contributed by atoms with Crippen LogP contribution in [0.1, 0.15) is 16.5 Å². The lowest BCUT2D eigenvalue weighted by atomic mass is 10.0. The first-order valence-corrected chi connectivity index (χ1v) is 8.05. The number of halogens is 5. The highest BCUT2D eigenvalue weighted by atomic mass is 35.5. The zero-order valence-corrected chi connectivity index (χ0v) is 15.3. The molecule has 0 radical (unpaired) electrons. The van der Waals surface area contributed by atoms with Gasteiger partial charge < -0.3 is 5.32 Å². The largest absolute Gasteiger partial charge is 0.314 e. The number of hydrogen-bond donors (Lipinski definition) is 1. The summed E-state index contributed by atoms with van der Waals surface area (Å²) >= 11 is 7.25. The maximum Gasteiger partial charge on any atom is 0.132 e. The van der Waals surface area contributed by atoms with Gasteiger partial charge in [0.1, 0.15) is 11.6 Å². The topological polar surface area (TPSA) is 15.3 Å². The van der Waals surface area contributed by atoms with Crippen LogP contribution in [0.25, 0.3) is 0 Å². The van der Waals surface area contributed by atoms with Crippen LogP contribution in [0.3, 0.4) is 0 Å². The number of hydrogen-bond acceptors (Lipinski definition) is 3. The molecule has 1 aromatic heterocycles. The van der Waals surface area contributed by atoms with E-state index in [0.717, 1.165) is 31.1 Å². The molecule has 1 aliphatic heterocycles. The molecule has 2 heterocycles. The van der Waals surface area contributed by atoms with Gasteiger partial charge in [-0.3, -0.25) is 4.90 Å². The summed E-state index contributed by atoms with van der Waals surface area (Å²) in [6.45, 7) is 3.14. The molecule has 1 N–H and O–H groups in total. The summed E-state index contributed by atoms with van der Waals surface area (Å²) in [7, 11) is 0. The minimum atomic E-state index is -0.586. The number of thiophene rings is 1. The Hall–Kier alpha value is -0.430. The van der Waals surface area contributed by atoms with E-state index in [1.165, 1.54) is 23.5 Å². The average molecular weight is 402 g/mol. The highest BCUT2D eigenvalue weighted by molar-refractivity contribution is 7.10. The number of nitrogens with zero attached hydrogens (tertiary/aromatic N) is 1. The van der Waals surface area contributed by atoms with Crippen molar-refractivity contribution in [1.29, 1.82) is 0 Å². The Bertz CT molecular complexity index is 596. The van der Waals surface area contributed by atoms with Crippen molar-refractivity contribution in [3.05, 3.63) is 56.7 Å². The predicted octanol–water partition coefficient (Wildman–Crippen LogP) is 4.52. The van der Waals surface area contributed by atoms with Gasteiger partial charge in [0, 0.05) is 41.6 Å². The molecule has 0 aliphatic carbocycles. The van der Waals surface area contributed by atoms with Crippen molar-refractivity contribution < 1.29 is 8.78 Å². The van der Waals surface area contributed by atoms with Crippen molar-refractivity contribution in [3.63, 3.8) is 0 Å². The summed E-state index contributed by atoms with van der Waals surface area (Å²) in [5, 5.41) is 5.27. The van der Waals surface area contributed by atoms with Crippen LogP contribution in [-0.2, 0) is 0 Å². The first-order chi connectivity index (χ1) is 10.2. The molecule has 1 fully saturated rings. The Labute approximate surface area is 155 Å². The highest BCUT2D eigenvalue weighted by Crippen LogP contribution is 2.36. The number of benzene rings is 1. The molecule has 0 unspecified atom stereocenters. The van der Waals surface area contributed by atoms with E-state index in [1.54, 1.807) is 0 Å². The maximum absolute atomic E-state index is 14.3. The van der Waals surface area contributed by atoms with E-state index in [-0.39, 0.29) is 35.4 Å². The van der Waals surface area contributed by atoms with Crippen LogP contribution in [0.15, 0.2) is 29.6 Å². The van der Waals surface area contributed by atoms with Crippen LogP contribution in [0, 0.1) is 11.6 Å². The first-order valence-electron chi connectivity index (χ1n) is 6.79. The molecule has 2 nitrogen and oxygen atoms in total. The van der Waals surface area contributed by atoms with E-state index in [1.807, 2.05) is 17.5 Å². The van der Waals surface area contributed by atoms with Crippen molar-refractivity contribution in [3.8, 4) is 0 Å². The summed E-state index contributed by atoms with van der Waals surface area (Å²) in [5.41, 5.74) is 0.0868. The lowest BCUT2D eigenvalue weighted by Crippen LogP contribution is -2.45. The second-order valence-corrected chi connectivity index (χ2v) is 6.40. The number of rotatable bonds is 3. The Morgan fingerprint density at radius 2 is 1.74 bits per heavy atom. The molecule has 128 valence electrons. The molecule has 0 bridgehead atoms. The predicted molar refractivity (Wildman–Crippen MR) is 96.5 cm³/mol. The van der Waals surface area contributed by atoms with E-state index >= 15 is 0 Å². The van der Waals surface area contributed by atoms with Crippen molar-refractivity contribution in [2.24, 2.45) is 0 Å². The van der Waals surface area contributed by atoms with E-state index < -0.39 is 17.7 Å². The minimum Gasteiger partial charge on any atom is -0.314 e. The molecule has 1 saturated heterocycles. The lowest BCUT2D eigenvalue weighted by molar-refractivity contribution is 0.194. The van der Waals surface area contributed by atoms with Gasteiger partial charge in [0.05, 0.1) is 6.04 Å². The highest BCUT2D eigenvalue weighted by Gasteiger charge is 2.29. The van der Waals surface area contributed by atoms with Gasteiger partial charge in [-0.25, -0.2) is 8.78 Å². The van der Waals surface area contributed by atoms with Gasteiger partial charge in [0.25, 0.3) is 0 Å². The molecule has 1 atom stereocenters. The average Bonchev–Trinajstić information content (AvgIpc) is 2.97. The summed E-state index contributed by atoms with van der Waals surface area (Å²) in [6.07, 6.45) is 0. The third kappa shape index (κ3) is 4.56. The quantitative estimate of drug-likeness (QED) is 0.813. The Morgan fingerprint density at radius 1 is 1.13 bits per heavy atom. The smallest absolute Gasteiger partial charge is 0.132 e. The van der Waals surface area contributed by atoms with E-state index in [4.69, 9.17) is 11.6 Å². The van der Waals surface area contributed by atoms with E-state index in [2.05, 4.69) is 10.2 Å². The molecule has 0 saturated carbocycles. The molecule has 0 amide bonds. The second-order valence-electron chi connectivity index (χ2n) is 4.99. The van der Waals surface area contributed by atoms with Crippen molar-refractivity contribution >= 4 is 47.8 Å². The van der Waals surface area contributed by atoms with Crippen molar-refractivity contribution in [2.75, 3.05) is 26.2 Å². The summed E-state index contributed by atoms with van der Waals surface area (Å²) in [6, 6.07) is 5.79. The van der Waals surface area contributed by atoms with Gasteiger partial charge in [-0.05, 0) is 23.6 Å². The Kier molecular flexibility index (Phi) is 8.21. The number of piperazine rings is 1. The fraction of sp³-hybridized carbons (Fsp3) is 0.333. The molecule has 1 aliphatic rings. The molecular formula is C15H17Cl3F2N2S. The molecule has 8 heteroatoms. The molecule has 3 rings (SSSR count). The monoisotopic (exact) mass is 400 g/mol. The Balaban J connectivity index is 0.00000132. The molecule has 23 heavy (non-hydrogen) atoms. The van der Waals surface area contributed by atoms with Gasteiger partial charge in [-0.2, -0.15) is 0 Å². The van der Waals surface area contributed by atoms with Gasteiger partial charge in [0.15, 0.2) is 0 Å². The van der Waals surface area contributed by atoms with Crippen LogP contribution in [0.2, 0.25) is 5.02 Å². The molecule has 2 aromatic rings. The Morgan fingerprint density at radius 3 is 2.26 bits per heavy atom. The zero-order chi connectivity index (χ0) is 14.8. The van der Waals surface area contributed by atoms with Crippen molar-refractivity contribution in [2.45, 2.75) is 6.04 Å². The van der Waals surface area contributed by atoms with Crippen molar-refractivity contribution in [1.82, 2.24) is 10.2 Å². The van der Waals surface area contributed by atoms with Crippen LogP contribution in [0.4, 0.5) is 8.78 Å². The lowest BCUT2D eigenvalue weighted by Gasteiger charge is -2.35. The molecule has 1 aromatic carbocycles. The second kappa shape index (κ2) is 9.16. The van der Waals surface area contributed by atoms with Gasteiger partial charge >= 0.3 is 0 Å². The fourth-order valence-corrected chi connectivity index (χ4v) is 3.77. The van der Waals surface area contributed by atoms with Crippen LogP contribution in [0.5, 0.6) is 0 Å². The SMILES string of the molecule is Cl.Cl.Fc1cc(Cl)cc(F)c1[C@H](c1cccs1)N1CCNCC1. The summed E-state index contributed by atoms with van der Waals surface area (Å²) < 4.78 is 28.7. The third-order valence-corrected chi connectivity index (χ3v) is 4.79. The zero-order valence-electron chi connectivity index (χ0n) is 12.1.